The van der Waals surface area contributed by atoms with Crippen LogP contribution in [-0.2, 0) is 32.6 Å². The predicted molar refractivity (Wildman–Crippen MR) is 176 cm³/mol. The summed E-state index contributed by atoms with van der Waals surface area (Å²) in [4.78, 5) is 29.7. The number of anilines is 1. The van der Waals surface area contributed by atoms with Crippen LogP contribution in [0.1, 0.15) is 36.1 Å². The summed E-state index contributed by atoms with van der Waals surface area (Å²) in [7, 11) is -4.22. The van der Waals surface area contributed by atoms with Gasteiger partial charge in [-0.2, -0.15) is 0 Å². The number of benzene rings is 4. The van der Waals surface area contributed by atoms with E-state index in [0.29, 0.717) is 0 Å². The van der Waals surface area contributed by atoms with Crippen molar-refractivity contribution in [1.82, 2.24) is 10.2 Å². The predicted octanol–water partition coefficient (Wildman–Crippen LogP) is 6.32. The Kier molecular flexibility index (Phi) is 10.8. The molecule has 44 heavy (non-hydrogen) atoms. The molecule has 4 aromatic rings. The Labute approximate surface area is 265 Å². The van der Waals surface area contributed by atoms with Crippen molar-refractivity contribution in [3.63, 3.8) is 0 Å². The Morgan fingerprint density at radius 3 is 2.07 bits per heavy atom. The second-order valence-electron chi connectivity index (χ2n) is 11.2. The molecule has 2 amide bonds. The largest absolute Gasteiger partial charge is 0.352 e. The fourth-order valence-electron chi connectivity index (χ4n) is 4.95. The highest BCUT2D eigenvalue weighted by Crippen LogP contribution is 2.31. The van der Waals surface area contributed by atoms with Crippen LogP contribution in [0.2, 0.25) is 5.02 Å². The van der Waals surface area contributed by atoms with Gasteiger partial charge in [-0.05, 0) is 63.1 Å². The summed E-state index contributed by atoms with van der Waals surface area (Å²) in [6.45, 7) is 7.07. The van der Waals surface area contributed by atoms with E-state index in [0.717, 1.165) is 26.6 Å². The number of carbonyl (C=O) groups is 2. The third kappa shape index (κ3) is 8.27. The zero-order valence-corrected chi connectivity index (χ0v) is 27.0. The molecule has 9 heteroatoms. The summed E-state index contributed by atoms with van der Waals surface area (Å²) in [5, 5.41) is 3.15. The van der Waals surface area contributed by atoms with E-state index in [4.69, 9.17) is 11.6 Å². The van der Waals surface area contributed by atoms with E-state index in [9.17, 15) is 18.0 Å². The second kappa shape index (κ2) is 14.6. The third-order valence-electron chi connectivity index (χ3n) is 7.15. The number of sulfonamides is 1. The van der Waals surface area contributed by atoms with Crippen molar-refractivity contribution in [1.29, 1.82) is 0 Å². The number of nitrogens with zero attached hydrogens (tertiary/aromatic N) is 2. The molecule has 0 aliphatic rings. The van der Waals surface area contributed by atoms with Gasteiger partial charge in [0.2, 0.25) is 11.8 Å². The molecule has 7 nitrogen and oxygen atoms in total. The minimum Gasteiger partial charge on any atom is -0.352 e. The van der Waals surface area contributed by atoms with Crippen LogP contribution in [0.5, 0.6) is 0 Å². The average molecular weight is 632 g/mol. The molecule has 0 bridgehead atoms. The van der Waals surface area contributed by atoms with Crippen LogP contribution in [0.25, 0.3) is 0 Å². The van der Waals surface area contributed by atoms with Gasteiger partial charge in [0.15, 0.2) is 0 Å². The summed E-state index contributed by atoms with van der Waals surface area (Å²) in [6, 6.07) is 29.0. The molecular formula is C35H38ClN3O4S. The lowest BCUT2D eigenvalue weighted by atomic mass is 10.0. The van der Waals surface area contributed by atoms with Gasteiger partial charge in [0.1, 0.15) is 12.6 Å². The average Bonchev–Trinajstić information content (AvgIpc) is 2.98. The van der Waals surface area contributed by atoms with Crippen LogP contribution in [0, 0.1) is 13.8 Å². The molecule has 0 fully saturated rings. The van der Waals surface area contributed by atoms with E-state index in [1.54, 1.807) is 36.4 Å². The van der Waals surface area contributed by atoms with E-state index in [1.165, 1.54) is 17.0 Å². The highest BCUT2D eigenvalue weighted by molar-refractivity contribution is 7.92. The molecule has 0 aromatic heterocycles. The molecule has 0 aliphatic heterocycles. The minimum absolute atomic E-state index is 0.0273. The van der Waals surface area contributed by atoms with Crippen molar-refractivity contribution < 1.29 is 18.0 Å². The van der Waals surface area contributed by atoms with Gasteiger partial charge in [0.05, 0.1) is 15.6 Å². The molecule has 1 N–H and O–H groups in total. The molecule has 0 unspecified atom stereocenters. The van der Waals surface area contributed by atoms with Gasteiger partial charge in [-0.15, -0.1) is 0 Å². The summed E-state index contributed by atoms with van der Waals surface area (Å²) in [5.74, 6) is -0.863. The van der Waals surface area contributed by atoms with E-state index in [2.05, 4.69) is 5.32 Å². The quantitative estimate of drug-likeness (QED) is 0.198. The number of hydrogen-bond acceptors (Lipinski definition) is 4. The molecule has 0 saturated carbocycles. The number of nitrogens with one attached hydrogen (secondary N) is 1. The summed E-state index contributed by atoms with van der Waals surface area (Å²) in [6.07, 6.45) is 0.244. The van der Waals surface area contributed by atoms with Crippen LogP contribution in [0.4, 0.5) is 5.69 Å². The Hall–Kier alpha value is -4.14. The van der Waals surface area contributed by atoms with E-state index in [1.807, 2.05) is 82.3 Å². The van der Waals surface area contributed by atoms with Crippen LogP contribution in [-0.4, -0.2) is 43.8 Å². The summed E-state index contributed by atoms with van der Waals surface area (Å²) < 4.78 is 29.3. The van der Waals surface area contributed by atoms with Gasteiger partial charge in [-0.1, -0.05) is 102 Å². The maximum absolute atomic E-state index is 14.5. The smallest absolute Gasteiger partial charge is 0.264 e. The highest BCUT2D eigenvalue weighted by atomic mass is 35.5. The molecule has 4 aromatic carbocycles. The number of aryl methyl sites for hydroxylation is 2. The first-order valence-electron chi connectivity index (χ1n) is 14.5. The van der Waals surface area contributed by atoms with Crippen molar-refractivity contribution in [2.24, 2.45) is 0 Å². The molecule has 0 heterocycles. The normalized spacial score (nSPS) is 12.0. The number of carbonyl (C=O) groups excluding carboxylic acids is 2. The number of para-hydroxylation sites is 1. The lowest BCUT2D eigenvalue weighted by Gasteiger charge is -2.34. The molecule has 1 atom stereocenters. The molecule has 0 saturated heterocycles. The maximum Gasteiger partial charge on any atom is 0.264 e. The van der Waals surface area contributed by atoms with Crippen molar-refractivity contribution in [3.05, 3.63) is 130 Å². The van der Waals surface area contributed by atoms with E-state index < -0.39 is 28.5 Å². The molecular weight excluding hydrogens is 594 g/mol. The first kappa shape index (κ1) is 32.8. The van der Waals surface area contributed by atoms with Crippen LogP contribution in [0.15, 0.2) is 108 Å². The van der Waals surface area contributed by atoms with Crippen LogP contribution >= 0.6 is 11.6 Å². The monoisotopic (exact) mass is 631 g/mol. The van der Waals surface area contributed by atoms with Gasteiger partial charge >= 0.3 is 0 Å². The Balaban J connectivity index is 1.82. The lowest BCUT2D eigenvalue weighted by molar-refractivity contribution is -0.140. The molecule has 230 valence electrons. The van der Waals surface area contributed by atoms with E-state index >= 15 is 0 Å². The number of hydrogen-bond donors (Lipinski definition) is 1. The van der Waals surface area contributed by atoms with Crippen molar-refractivity contribution >= 4 is 39.1 Å². The van der Waals surface area contributed by atoms with Gasteiger partial charge < -0.3 is 10.2 Å². The molecule has 4 rings (SSSR count). The van der Waals surface area contributed by atoms with Crippen molar-refractivity contribution in [2.45, 2.75) is 57.6 Å². The standard InChI is InChI=1S/C35H38ClN3O4S/c1-25(2)37-35(41)33(22-28-12-6-5-7-13-28)38(23-29-14-10-11-27(4)21-29)34(40)24-39(32-16-9-8-15-31(32)36)44(42,43)30-19-17-26(3)18-20-30/h5-21,25,33H,22-24H2,1-4H3,(H,37,41)/t33-/m1/s1. The second-order valence-corrected chi connectivity index (χ2v) is 13.4. The van der Waals surface area contributed by atoms with Crippen molar-refractivity contribution in [3.8, 4) is 0 Å². The molecule has 0 aliphatic carbocycles. The summed E-state index contributed by atoms with van der Waals surface area (Å²) in [5.41, 5.74) is 3.76. The number of halogens is 1. The van der Waals surface area contributed by atoms with Gasteiger partial charge in [0.25, 0.3) is 10.0 Å². The number of amides is 2. The minimum atomic E-state index is -4.22. The zero-order valence-electron chi connectivity index (χ0n) is 25.4. The van der Waals surface area contributed by atoms with Gasteiger partial charge in [-0.3, -0.25) is 13.9 Å². The zero-order chi connectivity index (χ0) is 31.9. The molecule has 0 radical (unpaired) electrons. The highest BCUT2D eigenvalue weighted by Gasteiger charge is 2.35. The first-order chi connectivity index (χ1) is 21.0. The number of rotatable bonds is 12. The lowest BCUT2D eigenvalue weighted by Crippen LogP contribution is -2.54. The SMILES string of the molecule is Cc1ccc(S(=O)(=O)N(CC(=O)N(Cc2cccc(C)c2)[C@H](Cc2ccccc2)C(=O)NC(C)C)c2ccccc2Cl)cc1. The molecule has 0 spiro atoms. The van der Waals surface area contributed by atoms with Crippen molar-refractivity contribution in [2.75, 3.05) is 10.8 Å². The van der Waals surface area contributed by atoms with Crippen LogP contribution < -0.4 is 9.62 Å². The maximum atomic E-state index is 14.5. The third-order valence-corrected chi connectivity index (χ3v) is 9.24. The Morgan fingerprint density at radius 2 is 1.43 bits per heavy atom. The Bertz CT molecular complexity index is 1690. The topological polar surface area (TPSA) is 86.8 Å². The Morgan fingerprint density at radius 1 is 0.795 bits per heavy atom. The first-order valence-corrected chi connectivity index (χ1v) is 16.3. The van der Waals surface area contributed by atoms with Gasteiger partial charge in [-0.25, -0.2) is 8.42 Å². The summed E-state index contributed by atoms with van der Waals surface area (Å²) >= 11 is 6.53. The van der Waals surface area contributed by atoms with E-state index in [-0.39, 0.29) is 40.5 Å². The fraction of sp³-hybridized carbons (Fsp3) is 0.257. The van der Waals surface area contributed by atoms with Gasteiger partial charge in [0, 0.05) is 19.0 Å². The fourth-order valence-corrected chi connectivity index (χ4v) is 6.67. The van der Waals surface area contributed by atoms with Crippen LogP contribution in [0.3, 0.4) is 0 Å².